The lowest BCUT2D eigenvalue weighted by Crippen LogP contribution is -2.30. The fourth-order valence-electron chi connectivity index (χ4n) is 5.56. The maximum Gasteiger partial charge on any atom is 0.319 e. The molecule has 0 spiro atoms. The molecule has 1 aliphatic rings. The number of furan rings is 1. The minimum absolute atomic E-state index is 0.0852. The number of nitrogens with one attached hydrogen (secondary N) is 3. The van der Waals surface area contributed by atoms with E-state index >= 15 is 4.39 Å². The second kappa shape index (κ2) is 11.3. The van der Waals surface area contributed by atoms with Crippen molar-refractivity contribution in [2.24, 2.45) is 0 Å². The van der Waals surface area contributed by atoms with Crippen molar-refractivity contribution >= 4 is 51.1 Å². The van der Waals surface area contributed by atoms with Crippen molar-refractivity contribution in [3.05, 3.63) is 90.0 Å². The first-order valence-electron chi connectivity index (χ1n) is 14.0. The number of alkyl halides is 1. The fourth-order valence-corrected chi connectivity index (χ4v) is 5.65. The maximum atomic E-state index is 16.0. The summed E-state index contributed by atoms with van der Waals surface area (Å²) in [6.07, 6.45) is 0. The van der Waals surface area contributed by atoms with Crippen LogP contribution in [0, 0.1) is 11.6 Å². The summed E-state index contributed by atoms with van der Waals surface area (Å²) in [5, 5.41) is 9.28. The van der Waals surface area contributed by atoms with Crippen LogP contribution in [-0.2, 0) is 6.73 Å². The average Bonchev–Trinajstić information content (AvgIpc) is 3.61. The first-order chi connectivity index (χ1) is 21.9. The van der Waals surface area contributed by atoms with Crippen molar-refractivity contribution in [1.82, 2.24) is 20.2 Å². The summed E-state index contributed by atoms with van der Waals surface area (Å²) in [6.45, 7) is 0.376. The zero-order valence-electron chi connectivity index (χ0n) is 23.7. The minimum atomic E-state index is -0.703. The van der Waals surface area contributed by atoms with E-state index in [-0.39, 0.29) is 58.8 Å². The predicted molar refractivity (Wildman–Crippen MR) is 167 cm³/mol. The number of fused-ring (bicyclic) bond motifs is 6. The number of carbonyl (C=O) groups is 2. The SMILES string of the molecule is CNC(=O)c1c(-c2ccc(F)cc2)oc2cc(NC(=O)NCCCl)c(-c3nc4c(cc3F)OCn3c-4cc4ccccc43)cc12. The van der Waals surface area contributed by atoms with Gasteiger partial charge in [-0.05, 0) is 42.5 Å². The van der Waals surface area contributed by atoms with E-state index in [4.69, 9.17) is 25.7 Å². The van der Waals surface area contributed by atoms with Crippen LogP contribution in [0.5, 0.6) is 5.75 Å². The molecule has 3 aromatic carbocycles. The highest BCUT2D eigenvalue weighted by molar-refractivity contribution is 6.18. The van der Waals surface area contributed by atoms with Crippen molar-refractivity contribution in [2.75, 3.05) is 24.8 Å². The number of carbonyl (C=O) groups excluding carboxylic acids is 2. The number of anilines is 1. The summed E-state index contributed by atoms with van der Waals surface area (Å²) in [5.41, 5.74) is 3.19. The average molecular weight is 628 g/mol. The van der Waals surface area contributed by atoms with Crippen LogP contribution in [0.1, 0.15) is 10.4 Å². The molecule has 3 aromatic heterocycles. The lowest BCUT2D eigenvalue weighted by molar-refractivity contribution is 0.0964. The molecular weight excluding hydrogens is 604 g/mol. The molecule has 0 unspecified atom stereocenters. The Kier molecular flexibility index (Phi) is 7.09. The molecule has 4 heterocycles. The third-order valence-electron chi connectivity index (χ3n) is 7.62. The molecule has 1 aliphatic heterocycles. The number of nitrogens with zero attached hydrogens (tertiary/aromatic N) is 2. The highest BCUT2D eigenvalue weighted by Gasteiger charge is 2.28. The fraction of sp³-hybridized carbons (Fsp3) is 0.121. The van der Waals surface area contributed by atoms with Gasteiger partial charge in [0.2, 0.25) is 0 Å². The summed E-state index contributed by atoms with van der Waals surface area (Å²) in [5.74, 6) is -0.999. The molecule has 45 heavy (non-hydrogen) atoms. The molecule has 9 nitrogen and oxygen atoms in total. The van der Waals surface area contributed by atoms with E-state index in [2.05, 4.69) is 16.0 Å². The van der Waals surface area contributed by atoms with Gasteiger partial charge in [-0.2, -0.15) is 0 Å². The summed E-state index contributed by atoms with van der Waals surface area (Å²) in [4.78, 5) is 30.8. The van der Waals surface area contributed by atoms with Gasteiger partial charge in [0.25, 0.3) is 5.91 Å². The lowest BCUT2D eigenvalue weighted by atomic mass is 10.00. The van der Waals surface area contributed by atoms with Crippen LogP contribution in [0.3, 0.4) is 0 Å². The van der Waals surface area contributed by atoms with Crippen LogP contribution < -0.4 is 20.7 Å². The molecule has 3 N–H and O–H groups in total. The summed E-state index contributed by atoms with van der Waals surface area (Å²) < 4.78 is 43.7. The van der Waals surface area contributed by atoms with E-state index in [1.165, 1.54) is 43.4 Å². The van der Waals surface area contributed by atoms with E-state index in [1.807, 2.05) is 34.9 Å². The number of halogens is 3. The van der Waals surface area contributed by atoms with Crippen LogP contribution in [0.4, 0.5) is 19.3 Å². The van der Waals surface area contributed by atoms with Gasteiger partial charge in [-0.25, -0.2) is 18.6 Å². The van der Waals surface area contributed by atoms with Gasteiger partial charge in [-0.15, -0.1) is 11.6 Å². The summed E-state index contributed by atoms with van der Waals surface area (Å²) >= 11 is 5.75. The molecule has 0 aliphatic carbocycles. The molecule has 6 aromatic rings. The Morgan fingerprint density at radius 3 is 2.60 bits per heavy atom. The Bertz CT molecular complexity index is 2140. The summed E-state index contributed by atoms with van der Waals surface area (Å²) in [7, 11) is 1.47. The molecule has 0 bridgehead atoms. The number of aromatic nitrogens is 2. The Hall–Kier alpha value is -5.42. The van der Waals surface area contributed by atoms with Gasteiger partial charge in [0.05, 0.1) is 22.5 Å². The first kappa shape index (κ1) is 28.4. The number of pyridine rings is 1. The predicted octanol–water partition coefficient (Wildman–Crippen LogP) is 7.13. The molecular formula is C33H24ClF2N5O4. The number of rotatable bonds is 6. The zero-order valence-corrected chi connectivity index (χ0v) is 24.5. The zero-order chi connectivity index (χ0) is 31.2. The molecule has 0 saturated carbocycles. The molecule has 0 radical (unpaired) electrons. The maximum absolute atomic E-state index is 16.0. The Morgan fingerprint density at radius 1 is 1.02 bits per heavy atom. The van der Waals surface area contributed by atoms with Gasteiger partial charge in [0.15, 0.2) is 18.3 Å². The van der Waals surface area contributed by atoms with Crippen molar-refractivity contribution in [2.45, 2.75) is 6.73 Å². The number of urea groups is 1. The van der Waals surface area contributed by atoms with Crippen molar-refractivity contribution in [3.8, 4) is 39.7 Å². The summed E-state index contributed by atoms with van der Waals surface area (Å²) in [6, 6.07) is 18.9. The second-order valence-corrected chi connectivity index (χ2v) is 10.7. The monoisotopic (exact) mass is 627 g/mol. The van der Waals surface area contributed by atoms with Crippen LogP contribution >= 0.6 is 11.6 Å². The van der Waals surface area contributed by atoms with E-state index in [0.717, 1.165) is 16.6 Å². The van der Waals surface area contributed by atoms with Gasteiger partial charge in [-0.3, -0.25) is 4.79 Å². The van der Waals surface area contributed by atoms with Crippen LogP contribution in [0.15, 0.2) is 77.2 Å². The van der Waals surface area contributed by atoms with E-state index < -0.39 is 23.6 Å². The standard InChI is InChI=1S/C33H24ClF2N5O4/c1-37-32(42)28-21-13-20(23(39-33(43)38-11-10-34)15-26(21)45-31(28)17-6-8-19(35)9-7-17)29-22(36)14-27-30(40-29)25-12-18-4-2-3-5-24(18)41(25)16-44-27/h2-9,12-15H,10-11,16H2,1H3,(H,37,42)(H2,38,39,43). The number of hydrogen-bond donors (Lipinski definition) is 3. The Labute approximate surface area is 259 Å². The smallest absolute Gasteiger partial charge is 0.319 e. The number of amides is 3. The minimum Gasteiger partial charge on any atom is -0.470 e. The number of benzene rings is 3. The lowest BCUT2D eigenvalue weighted by Gasteiger charge is -2.22. The van der Waals surface area contributed by atoms with Gasteiger partial charge in [0.1, 0.15) is 28.5 Å². The van der Waals surface area contributed by atoms with Crippen LogP contribution in [0.25, 0.3) is 55.8 Å². The third kappa shape index (κ3) is 4.91. The van der Waals surface area contributed by atoms with Gasteiger partial charge in [0, 0.05) is 53.5 Å². The Balaban J connectivity index is 1.46. The highest BCUT2D eigenvalue weighted by Crippen LogP contribution is 2.43. The highest BCUT2D eigenvalue weighted by atomic mass is 35.5. The molecule has 7 rings (SSSR count). The van der Waals surface area contributed by atoms with Gasteiger partial charge < -0.3 is 29.7 Å². The molecule has 12 heteroatoms. The van der Waals surface area contributed by atoms with Gasteiger partial charge in [-0.1, -0.05) is 18.2 Å². The van der Waals surface area contributed by atoms with Crippen LogP contribution in [0.2, 0.25) is 0 Å². The number of ether oxygens (including phenoxy) is 1. The third-order valence-corrected chi connectivity index (χ3v) is 7.80. The van der Waals surface area contributed by atoms with E-state index in [1.54, 1.807) is 6.07 Å². The molecule has 3 amide bonds. The molecule has 226 valence electrons. The molecule has 0 saturated heterocycles. The first-order valence-corrected chi connectivity index (χ1v) is 14.5. The quantitative estimate of drug-likeness (QED) is 0.170. The van der Waals surface area contributed by atoms with E-state index in [9.17, 15) is 14.0 Å². The number of hydrogen-bond acceptors (Lipinski definition) is 5. The van der Waals surface area contributed by atoms with Crippen LogP contribution in [-0.4, -0.2) is 41.0 Å². The Morgan fingerprint density at radius 2 is 1.82 bits per heavy atom. The van der Waals surface area contributed by atoms with Gasteiger partial charge >= 0.3 is 6.03 Å². The largest absolute Gasteiger partial charge is 0.470 e. The van der Waals surface area contributed by atoms with Crippen molar-refractivity contribution < 1.29 is 27.5 Å². The molecule has 0 fully saturated rings. The normalized spacial score (nSPS) is 12.0. The van der Waals surface area contributed by atoms with E-state index in [0.29, 0.717) is 16.6 Å². The number of para-hydroxylation sites is 1. The van der Waals surface area contributed by atoms with Crippen molar-refractivity contribution in [1.29, 1.82) is 0 Å². The van der Waals surface area contributed by atoms with Crippen molar-refractivity contribution in [3.63, 3.8) is 0 Å². The second-order valence-electron chi connectivity index (χ2n) is 10.3. The topological polar surface area (TPSA) is 110 Å². The molecule has 0 atom stereocenters.